The molecule has 3 N–H and O–H groups in total. The zero-order valence-corrected chi connectivity index (χ0v) is 13.2. The quantitative estimate of drug-likeness (QED) is 0.674. The van der Waals surface area contributed by atoms with Gasteiger partial charge in [0.15, 0.2) is 0 Å². The molecule has 5 heteroatoms. The van der Waals surface area contributed by atoms with Crippen LogP contribution in [0.2, 0.25) is 0 Å². The first-order valence-corrected chi connectivity index (χ1v) is 7.12. The Hall–Kier alpha value is -0.320. The van der Waals surface area contributed by atoms with E-state index >= 15 is 0 Å². The van der Waals surface area contributed by atoms with E-state index in [-0.39, 0.29) is 35.7 Å². The lowest BCUT2D eigenvalue weighted by Gasteiger charge is -2.42. The second-order valence-electron chi connectivity index (χ2n) is 5.67. The van der Waals surface area contributed by atoms with E-state index in [0.29, 0.717) is 0 Å². The molecule has 1 rings (SSSR count). The highest BCUT2D eigenvalue weighted by molar-refractivity contribution is 5.85. The lowest BCUT2D eigenvalue weighted by Crippen LogP contribution is -2.46. The molecule has 4 nitrogen and oxygen atoms in total. The molecule has 1 aliphatic carbocycles. The van der Waals surface area contributed by atoms with E-state index < -0.39 is 0 Å². The number of hydrogen-bond acceptors (Lipinski definition) is 3. The Bertz CT molecular complexity index is 268. The van der Waals surface area contributed by atoms with E-state index in [2.05, 4.69) is 5.32 Å². The van der Waals surface area contributed by atoms with Crippen molar-refractivity contribution in [2.75, 3.05) is 19.8 Å². The first kappa shape index (κ1) is 18.7. The number of nitrogens with one attached hydrogen (secondary N) is 1. The largest absolute Gasteiger partial charge is 0.382 e. The van der Waals surface area contributed by atoms with Crippen molar-refractivity contribution in [3.05, 3.63) is 0 Å². The van der Waals surface area contributed by atoms with Crippen LogP contribution in [-0.4, -0.2) is 31.7 Å². The van der Waals surface area contributed by atoms with Crippen molar-refractivity contribution in [2.24, 2.45) is 17.1 Å². The third-order valence-electron chi connectivity index (χ3n) is 4.23. The van der Waals surface area contributed by atoms with Gasteiger partial charge in [-0.05, 0) is 38.5 Å². The number of carbonyl (C=O) groups excluding carboxylic acids is 1. The minimum atomic E-state index is -0.117. The topological polar surface area (TPSA) is 64.3 Å². The molecule has 0 aromatic heterocycles. The predicted octanol–water partition coefficient (Wildman–Crippen LogP) is 2.10. The van der Waals surface area contributed by atoms with E-state index in [4.69, 9.17) is 10.5 Å². The number of halogens is 1. The molecule has 0 aliphatic heterocycles. The predicted molar refractivity (Wildman–Crippen MR) is 80.5 cm³/mol. The summed E-state index contributed by atoms with van der Waals surface area (Å²) in [6.07, 6.45) is 4.72. The standard InChI is InChI=1S/C14H28N2O2.ClH/c1-4-18-9-8-14(6-5-7-14)10-16-13(17)11(2)12(3)15;/h11-12H,4-10,15H2,1-3H3,(H,16,17);1H. The Kier molecular flexibility index (Phi) is 8.62. The van der Waals surface area contributed by atoms with Gasteiger partial charge in [0.05, 0.1) is 0 Å². The first-order chi connectivity index (χ1) is 8.51. The highest BCUT2D eigenvalue weighted by Crippen LogP contribution is 2.43. The smallest absolute Gasteiger partial charge is 0.224 e. The average Bonchev–Trinajstić information content (AvgIpc) is 2.30. The van der Waals surface area contributed by atoms with Crippen molar-refractivity contribution < 1.29 is 9.53 Å². The Morgan fingerprint density at radius 3 is 2.47 bits per heavy atom. The molecule has 0 bridgehead atoms. The Morgan fingerprint density at radius 1 is 1.42 bits per heavy atom. The van der Waals surface area contributed by atoms with E-state index in [1.165, 1.54) is 19.3 Å². The van der Waals surface area contributed by atoms with Crippen molar-refractivity contribution in [3.63, 3.8) is 0 Å². The molecule has 0 radical (unpaired) electrons. The summed E-state index contributed by atoms with van der Waals surface area (Å²) in [6.45, 7) is 8.11. The van der Waals surface area contributed by atoms with Gasteiger partial charge < -0.3 is 15.8 Å². The van der Waals surface area contributed by atoms with Gasteiger partial charge in [-0.3, -0.25) is 4.79 Å². The molecule has 1 amide bonds. The van der Waals surface area contributed by atoms with Gasteiger partial charge in [0.2, 0.25) is 5.91 Å². The van der Waals surface area contributed by atoms with Crippen LogP contribution in [0.3, 0.4) is 0 Å². The molecule has 19 heavy (non-hydrogen) atoms. The molecule has 0 spiro atoms. The Labute approximate surface area is 123 Å². The maximum absolute atomic E-state index is 11.9. The molecule has 1 aliphatic rings. The van der Waals surface area contributed by atoms with Gasteiger partial charge in [0.1, 0.15) is 0 Å². The van der Waals surface area contributed by atoms with Gasteiger partial charge in [0.25, 0.3) is 0 Å². The maximum atomic E-state index is 11.9. The molecule has 0 heterocycles. The molecule has 0 aromatic carbocycles. The van der Waals surface area contributed by atoms with Crippen LogP contribution in [0.5, 0.6) is 0 Å². The van der Waals surface area contributed by atoms with Crippen molar-refractivity contribution in [3.8, 4) is 0 Å². The maximum Gasteiger partial charge on any atom is 0.224 e. The molecular formula is C14H29ClN2O2. The number of rotatable bonds is 8. The molecule has 114 valence electrons. The number of carbonyl (C=O) groups is 1. The average molecular weight is 293 g/mol. The number of amides is 1. The van der Waals surface area contributed by atoms with Crippen molar-refractivity contribution >= 4 is 18.3 Å². The van der Waals surface area contributed by atoms with Crippen LogP contribution in [0.25, 0.3) is 0 Å². The minimum Gasteiger partial charge on any atom is -0.382 e. The molecule has 2 unspecified atom stereocenters. The lowest BCUT2D eigenvalue weighted by atomic mass is 9.66. The summed E-state index contributed by atoms with van der Waals surface area (Å²) in [6, 6.07) is -0.0919. The van der Waals surface area contributed by atoms with Crippen molar-refractivity contribution in [2.45, 2.75) is 52.5 Å². The fraction of sp³-hybridized carbons (Fsp3) is 0.929. The van der Waals surface area contributed by atoms with Crippen LogP contribution in [0, 0.1) is 11.3 Å². The highest BCUT2D eigenvalue weighted by atomic mass is 35.5. The van der Waals surface area contributed by atoms with Gasteiger partial charge >= 0.3 is 0 Å². The van der Waals surface area contributed by atoms with Gasteiger partial charge in [0, 0.05) is 31.7 Å². The van der Waals surface area contributed by atoms with Gasteiger partial charge in [-0.15, -0.1) is 12.4 Å². The number of ether oxygens (including phenoxy) is 1. The molecule has 0 aromatic rings. The van der Waals surface area contributed by atoms with E-state index in [1.54, 1.807) is 0 Å². The molecule has 1 saturated carbocycles. The summed E-state index contributed by atoms with van der Waals surface area (Å²) >= 11 is 0. The summed E-state index contributed by atoms with van der Waals surface area (Å²) in [5.74, 6) is -0.0401. The summed E-state index contributed by atoms with van der Waals surface area (Å²) in [5, 5.41) is 3.06. The monoisotopic (exact) mass is 292 g/mol. The molecule has 0 saturated heterocycles. The van der Waals surface area contributed by atoms with Gasteiger partial charge in [-0.25, -0.2) is 0 Å². The lowest BCUT2D eigenvalue weighted by molar-refractivity contribution is -0.126. The van der Waals surface area contributed by atoms with Crippen LogP contribution in [-0.2, 0) is 9.53 Å². The summed E-state index contributed by atoms with van der Waals surface area (Å²) < 4.78 is 5.42. The Morgan fingerprint density at radius 2 is 2.05 bits per heavy atom. The van der Waals surface area contributed by atoms with Gasteiger partial charge in [-0.2, -0.15) is 0 Å². The zero-order chi connectivity index (χ0) is 13.6. The fourth-order valence-electron chi connectivity index (χ4n) is 2.30. The zero-order valence-electron chi connectivity index (χ0n) is 12.4. The molecule has 2 atom stereocenters. The third-order valence-corrected chi connectivity index (χ3v) is 4.23. The SMILES string of the molecule is CCOCCC1(CNC(=O)C(C)C(C)N)CCC1.Cl. The molecular weight excluding hydrogens is 264 g/mol. The Balaban J connectivity index is 0.00000324. The second-order valence-corrected chi connectivity index (χ2v) is 5.67. The minimum absolute atomic E-state index is 0. The van der Waals surface area contributed by atoms with Crippen molar-refractivity contribution in [1.29, 1.82) is 0 Å². The van der Waals surface area contributed by atoms with Crippen LogP contribution in [0.4, 0.5) is 0 Å². The van der Waals surface area contributed by atoms with Gasteiger partial charge in [-0.1, -0.05) is 13.3 Å². The summed E-state index contributed by atoms with van der Waals surface area (Å²) in [4.78, 5) is 11.9. The fourth-order valence-corrected chi connectivity index (χ4v) is 2.30. The van der Waals surface area contributed by atoms with E-state index in [0.717, 1.165) is 26.2 Å². The normalized spacial score (nSPS) is 19.8. The molecule has 1 fully saturated rings. The number of nitrogens with two attached hydrogens (primary N) is 1. The van der Waals surface area contributed by atoms with E-state index in [9.17, 15) is 4.79 Å². The summed E-state index contributed by atoms with van der Waals surface area (Å²) in [5.41, 5.74) is 6.02. The third kappa shape index (κ3) is 5.67. The number of hydrogen-bond donors (Lipinski definition) is 2. The van der Waals surface area contributed by atoms with Crippen LogP contribution in [0.1, 0.15) is 46.5 Å². The van der Waals surface area contributed by atoms with E-state index in [1.807, 2.05) is 20.8 Å². The van der Waals surface area contributed by atoms with Crippen LogP contribution in [0.15, 0.2) is 0 Å². The summed E-state index contributed by atoms with van der Waals surface area (Å²) in [7, 11) is 0. The van der Waals surface area contributed by atoms with Crippen LogP contribution >= 0.6 is 12.4 Å². The highest BCUT2D eigenvalue weighted by Gasteiger charge is 2.37. The first-order valence-electron chi connectivity index (χ1n) is 7.12. The second kappa shape index (κ2) is 8.77. The van der Waals surface area contributed by atoms with Crippen molar-refractivity contribution in [1.82, 2.24) is 5.32 Å². The van der Waals surface area contributed by atoms with Crippen LogP contribution < -0.4 is 11.1 Å².